The predicted molar refractivity (Wildman–Crippen MR) is 133 cm³/mol. The van der Waals surface area contributed by atoms with Gasteiger partial charge in [0.05, 0.1) is 18.1 Å². The van der Waals surface area contributed by atoms with Crippen molar-refractivity contribution in [2.75, 3.05) is 27.2 Å². The summed E-state index contributed by atoms with van der Waals surface area (Å²) in [5.41, 5.74) is 4.17. The molecule has 7 nitrogen and oxygen atoms in total. The number of hydrogen-bond acceptors (Lipinski definition) is 4. The number of pyridine rings is 1. The van der Waals surface area contributed by atoms with Crippen molar-refractivity contribution in [1.82, 2.24) is 29.3 Å². The number of likely N-dealkylation sites (N-methyl/N-ethyl adjacent to an activating group) is 1. The molecule has 3 aromatic heterocycles. The number of piperidine rings is 1. The maximum atomic E-state index is 12.5. The molecule has 1 amide bonds. The van der Waals surface area contributed by atoms with Crippen LogP contribution in [0.4, 0.5) is 0 Å². The van der Waals surface area contributed by atoms with Gasteiger partial charge in [0.1, 0.15) is 17.0 Å². The second-order valence-corrected chi connectivity index (χ2v) is 8.59. The van der Waals surface area contributed by atoms with Crippen LogP contribution in [0.5, 0.6) is 0 Å². The summed E-state index contributed by atoms with van der Waals surface area (Å²) < 4.78 is 2.33. The van der Waals surface area contributed by atoms with Crippen LogP contribution in [0, 0.1) is 0 Å². The number of hydrogen-bond donors (Lipinski definition) is 1. The minimum absolute atomic E-state index is 0.0661. The Kier molecular flexibility index (Phi) is 7.08. The SMILES string of the molecule is CC.CN(C)C(=O)Cc1nc2cnc3[nH]ccc3c2n1C1CCN(Cc2ccccc2)CC1. The van der Waals surface area contributed by atoms with E-state index in [1.165, 1.54) is 5.56 Å². The molecule has 1 fully saturated rings. The zero-order valence-corrected chi connectivity index (χ0v) is 20.1. The molecule has 1 aliphatic rings. The summed E-state index contributed by atoms with van der Waals surface area (Å²) in [4.78, 5) is 29.3. The van der Waals surface area contributed by atoms with E-state index in [2.05, 4.69) is 55.8 Å². The van der Waals surface area contributed by atoms with Crippen molar-refractivity contribution in [1.29, 1.82) is 0 Å². The van der Waals surface area contributed by atoms with E-state index in [0.29, 0.717) is 12.5 Å². The van der Waals surface area contributed by atoms with Crippen molar-refractivity contribution in [3.63, 3.8) is 0 Å². The lowest BCUT2D eigenvalue weighted by molar-refractivity contribution is -0.128. The molecule has 33 heavy (non-hydrogen) atoms. The van der Waals surface area contributed by atoms with Crippen molar-refractivity contribution >= 4 is 28.0 Å². The summed E-state index contributed by atoms with van der Waals surface area (Å²) in [5.74, 6) is 0.905. The van der Waals surface area contributed by atoms with Gasteiger partial charge in [0.25, 0.3) is 0 Å². The number of nitrogens with one attached hydrogen (secondary N) is 1. The maximum Gasteiger partial charge on any atom is 0.229 e. The van der Waals surface area contributed by atoms with E-state index in [0.717, 1.165) is 60.4 Å². The lowest BCUT2D eigenvalue weighted by Crippen LogP contribution is -2.35. The van der Waals surface area contributed by atoms with Crippen LogP contribution >= 0.6 is 0 Å². The highest BCUT2D eigenvalue weighted by Crippen LogP contribution is 2.32. The van der Waals surface area contributed by atoms with Crippen molar-refractivity contribution in [2.45, 2.75) is 45.7 Å². The Morgan fingerprint density at radius 2 is 1.85 bits per heavy atom. The van der Waals surface area contributed by atoms with E-state index in [-0.39, 0.29) is 5.91 Å². The van der Waals surface area contributed by atoms with Crippen molar-refractivity contribution in [3.05, 3.63) is 60.2 Å². The average molecular weight is 447 g/mol. The van der Waals surface area contributed by atoms with E-state index in [4.69, 9.17) is 4.98 Å². The molecule has 0 aliphatic carbocycles. The minimum Gasteiger partial charge on any atom is -0.348 e. The topological polar surface area (TPSA) is 70.0 Å². The highest BCUT2D eigenvalue weighted by Gasteiger charge is 2.27. The number of benzene rings is 1. The molecule has 1 aliphatic heterocycles. The van der Waals surface area contributed by atoms with Gasteiger partial charge >= 0.3 is 0 Å². The number of imidazole rings is 1. The highest BCUT2D eigenvalue weighted by atomic mass is 16.2. The van der Waals surface area contributed by atoms with Gasteiger partial charge in [0, 0.05) is 51.4 Å². The van der Waals surface area contributed by atoms with Crippen LogP contribution in [0.25, 0.3) is 22.1 Å². The quantitative estimate of drug-likeness (QED) is 0.493. The van der Waals surface area contributed by atoms with Crippen LogP contribution in [-0.2, 0) is 17.8 Å². The Bertz CT molecular complexity index is 1200. The van der Waals surface area contributed by atoms with Crippen LogP contribution < -0.4 is 0 Å². The fourth-order valence-corrected chi connectivity index (χ4v) is 4.63. The standard InChI is InChI=1S/C24H28N6O.C2H6/c1-28(2)22(31)14-21-27-20-15-26-24-19(8-11-25-24)23(20)30(21)18-9-12-29(13-10-18)16-17-6-4-3-5-7-17;1-2/h3-8,11,15,18H,9-10,12-14,16H2,1-2H3,(H,25,26);1-2H3. The highest BCUT2D eigenvalue weighted by molar-refractivity contribution is 6.01. The Hall–Kier alpha value is -3.19. The fraction of sp³-hybridized carbons (Fsp3) is 0.423. The molecule has 1 N–H and O–H groups in total. The molecule has 0 atom stereocenters. The number of fused-ring (bicyclic) bond motifs is 3. The fourth-order valence-electron chi connectivity index (χ4n) is 4.63. The number of nitrogens with zero attached hydrogens (tertiary/aromatic N) is 5. The average Bonchev–Trinajstić information content (AvgIpc) is 3.45. The Morgan fingerprint density at radius 3 is 2.55 bits per heavy atom. The molecule has 174 valence electrons. The molecule has 5 rings (SSSR count). The molecule has 0 bridgehead atoms. The largest absolute Gasteiger partial charge is 0.348 e. The Labute approximate surface area is 195 Å². The molecular weight excluding hydrogens is 412 g/mol. The molecular formula is C26H34N6O. The third-order valence-corrected chi connectivity index (χ3v) is 6.29. The zero-order valence-electron chi connectivity index (χ0n) is 20.1. The van der Waals surface area contributed by atoms with Gasteiger partial charge < -0.3 is 14.5 Å². The van der Waals surface area contributed by atoms with Crippen LogP contribution in [0.1, 0.15) is 44.1 Å². The number of rotatable bonds is 5. The van der Waals surface area contributed by atoms with Crippen LogP contribution in [0.3, 0.4) is 0 Å². The summed E-state index contributed by atoms with van der Waals surface area (Å²) in [6.45, 7) is 7.04. The number of likely N-dealkylation sites (tertiary alicyclic amines) is 1. The molecule has 7 heteroatoms. The van der Waals surface area contributed by atoms with Gasteiger partial charge in [-0.05, 0) is 24.5 Å². The third kappa shape index (κ3) is 4.78. The van der Waals surface area contributed by atoms with Gasteiger partial charge in [0.15, 0.2) is 0 Å². The molecule has 4 heterocycles. The summed E-state index contributed by atoms with van der Waals surface area (Å²) in [5, 5.41) is 1.07. The number of carbonyl (C=O) groups is 1. The first-order valence-corrected chi connectivity index (χ1v) is 11.9. The Balaban J connectivity index is 0.00000126. The number of H-pyrrole nitrogens is 1. The molecule has 0 radical (unpaired) electrons. The molecule has 0 spiro atoms. The molecule has 1 aromatic carbocycles. The molecule has 0 saturated carbocycles. The molecule has 1 saturated heterocycles. The van der Waals surface area contributed by atoms with E-state index in [1.807, 2.05) is 26.2 Å². The number of aromatic amines is 1. The molecule has 0 unspecified atom stereocenters. The number of aromatic nitrogens is 4. The lowest BCUT2D eigenvalue weighted by atomic mass is 10.0. The summed E-state index contributed by atoms with van der Waals surface area (Å²) in [6.07, 6.45) is 6.11. The number of amides is 1. The molecule has 4 aromatic rings. The summed E-state index contributed by atoms with van der Waals surface area (Å²) in [6, 6.07) is 13.0. The first-order valence-electron chi connectivity index (χ1n) is 11.9. The second-order valence-electron chi connectivity index (χ2n) is 8.59. The summed E-state index contributed by atoms with van der Waals surface area (Å²) >= 11 is 0. The van der Waals surface area contributed by atoms with Crippen LogP contribution in [0.2, 0.25) is 0 Å². The maximum absolute atomic E-state index is 12.5. The summed E-state index contributed by atoms with van der Waals surface area (Å²) in [7, 11) is 3.59. The second kappa shape index (κ2) is 10.2. The monoisotopic (exact) mass is 446 g/mol. The predicted octanol–water partition coefficient (Wildman–Crippen LogP) is 4.41. The van der Waals surface area contributed by atoms with E-state index < -0.39 is 0 Å². The third-order valence-electron chi connectivity index (χ3n) is 6.29. The van der Waals surface area contributed by atoms with Gasteiger partial charge in [-0.3, -0.25) is 9.69 Å². The van der Waals surface area contributed by atoms with Crippen molar-refractivity contribution < 1.29 is 4.79 Å². The first kappa shape index (κ1) is 23.0. The zero-order chi connectivity index (χ0) is 23.4. The van der Waals surface area contributed by atoms with Crippen LogP contribution in [0.15, 0.2) is 48.8 Å². The van der Waals surface area contributed by atoms with E-state index in [1.54, 1.807) is 19.0 Å². The smallest absolute Gasteiger partial charge is 0.229 e. The normalized spacial score (nSPS) is 14.9. The Morgan fingerprint density at radius 1 is 1.12 bits per heavy atom. The van der Waals surface area contributed by atoms with Crippen molar-refractivity contribution in [3.8, 4) is 0 Å². The number of carbonyl (C=O) groups excluding carboxylic acids is 1. The first-order chi connectivity index (χ1) is 16.1. The van der Waals surface area contributed by atoms with Gasteiger partial charge in [-0.25, -0.2) is 9.97 Å². The van der Waals surface area contributed by atoms with Crippen LogP contribution in [-0.4, -0.2) is 62.4 Å². The van der Waals surface area contributed by atoms with E-state index in [9.17, 15) is 4.79 Å². The van der Waals surface area contributed by atoms with Gasteiger partial charge in [-0.1, -0.05) is 44.2 Å². The van der Waals surface area contributed by atoms with Gasteiger partial charge in [-0.15, -0.1) is 0 Å². The van der Waals surface area contributed by atoms with Crippen molar-refractivity contribution in [2.24, 2.45) is 0 Å². The minimum atomic E-state index is 0.0661. The van der Waals surface area contributed by atoms with E-state index >= 15 is 0 Å². The van der Waals surface area contributed by atoms with Gasteiger partial charge in [-0.2, -0.15) is 0 Å². The lowest BCUT2D eigenvalue weighted by Gasteiger charge is -2.33. The van der Waals surface area contributed by atoms with Gasteiger partial charge in [0.2, 0.25) is 5.91 Å².